The van der Waals surface area contributed by atoms with Crippen molar-refractivity contribution in [2.45, 2.75) is 5.75 Å². The van der Waals surface area contributed by atoms with Crippen molar-refractivity contribution in [1.29, 1.82) is 0 Å². The number of thiophene rings is 1. The van der Waals surface area contributed by atoms with Gasteiger partial charge in [-0.25, -0.2) is 0 Å². The number of hydrogen-bond donors (Lipinski definition) is 1. The van der Waals surface area contributed by atoms with Gasteiger partial charge in [0.1, 0.15) is 0 Å². The maximum absolute atomic E-state index is 11.7. The van der Waals surface area contributed by atoms with E-state index >= 15 is 0 Å². The Kier molecular flexibility index (Phi) is 4.83. The molecule has 0 saturated carbocycles. The van der Waals surface area contributed by atoms with Crippen LogP contribution in [0.1, 0.15) is 15.9 Å². The minimum absolute atomic E-state index is 0.0563. The van der Waals surface area contributed by atoms with Gasteiger partial charge in [0.15, 0.2) is 0 Å². The Labute approximate surface area is 114 Å². The molecule has 6 heteroatoms. The smallest absolute Gasteiger partial charge is 0.254 e. The number of nitrogens with zero attached hydrogens (tertiary/aromatic N) is 2. The predicted molar refractivity (Wildman–Crippen MR) is 76.0 cm³/mol. The lowest BCUT2D eigenvalue weighted by molar-refractivity contribution is 0.0956. The molecule has 4 nitrogen and oxygen atoms in total. The Hall–Kier alpha value is -1.27. The lowest BCUT2D eigenvalue weighted by Crippen LogP contribution is -2.25. The molecule has 2 aromatic heterocycles. The Morgan fingerprint density at radius 2 is 2.50 bits per heavy atom. The van der Waals surface area contributed by atoms with Crippen LogP contribution in [0.15, 0.2) is 29.2 Å². The second-order valence-corrected chi connectivity index (χ2v) is 5.73. The minimum atomic E-state index is -0.0563. The number of amides is 1. The molecule has 2 rings (SSSR count). The summed E-state index contributed by atoms with van der Waals surface area (Å²) in [5.41, 5.74) is 1.96. The van der Waals surface area contributed by atoms with Crippen LogP contribution in [0.4, 0.5) is 0 Å². The monoisotopic (exact) mass is 281 g/mol. The lowest BCUT2D eigenvalue weighted by atomic mass is 10.3. The molecule has 0 saturated heterocycles. The van der Waals surface area contributed by atoms with Crippen LogP contribution < -0.4 is 5.32 Å². The maximum atomic E-state index is 11.7. The van der Waals surface area contributed by atoms with E-state index in [1.54, 1.807) is 35.5 Å². The third-order valence-corrected chi connectivity index (χ3v) is 4.11. The molecule has 0 spiro atoms. The van der Waals surface area contributed by atoms with E-state index in [0.29, 0.717) is 12.1 Å². The number of carbonyl (C=O) groups excluding carboxylic acids is 1. The molecule has 18 heavy (non-hydrogen) atoms. The molecule has 0 aliphatic rings. The highest BCUT2D eigenvalue weighted by Gasteiger charge is 2.06. The molecular formula is C12H15N3OS2. The van der Waals surface area contributed by atoms with Crippen LogP contribution in [0.5, 0.6) is 0 Å². The van der Waals surface area contributed by atoms with E-state index in [2.05, 4.69) is 27.2 Å². The number of aryl methyl sites for hydroxylation is 1. The van der Waals surface area contributed by atoms with Crippen LogP contribution in [-0.2, 0) is 12.8 Å². The van der Waals surface area contributed by atoms with Crippen molar-refractivity contribution < 1.29 is 4.79 Å². The number of nitrogens with one attached hydrogen (secondary N) is 1. The maximum Gasteiger partial charge on any atom is 0.254 e. The van der Waals surface area contributed by atoms with E-state index in [1.165, 1.54) is 5.56 Å². The SMILES string of the molecule is Cn1cc(C(=O)NCCSCc2ccsc2)cn1. The summed E-state index contributed by atoms with van der Waals surface area (Å²) in [5, 5.41) is 11.1. The van der Waals surface area contributed by atoms with Gasteiger partial charge in [0.2, 0.25) is 0 Å². The number of thioether (sulfide) groups is 1. The van der Waals surface area contributed by atoms with Gasteiger partial charge < -0.3 is 5.32 Å². The highest BCUT2D eigenvalue weighted by atomic mass is 32.2. The molecule has 1 N–H and O–H groups in total. The molecule has 2 heterocycles. The van der Waals surface area contributed by atoms with Gasteiger partial charge >= 0.3 is 0 Å². The summed E-state index contributed by atoms with van der Waals surface area (Å²) in [7, 11) is 1.80. The van der Waals surface area contributed by atoms with E-state index in [9.17, 15) is 4.79 Å². The van der Waals surface area contributed by atoms with Gasteiger partial charge in [-0.3, -0.25) is 9.48 Å². The summed E-state index contributed by atoms with van der Waals surface area (Å²) < 4.78 is 1.63. The molecule has 2 aromatic rings. The zero-order valence-electron chi connectivity index (χ0n) is 10.1. The van der Waals surface area contributed by atoms with Crippen molar-refractivity contribution in [1.82, 2.24) is 15.1 Å². The number of rotatable bonds is 6. The second kappa shape index (κ2) is 6.61. The van der Waals surface area contributed by atoms with Gasteiger partial charge in [0, 0.05) is 31.3 Å². The lowest BCUT2D eigenvalue weighted by Gasteiger charge is -2.02. The van der Waals surface area contributed by atoms with E-state index in [-0.39, 0.29) is 5.91 Å². The average molecular weight is 281 g/mol. The molecule has 0 atom stereocenters. The molecule has 0 aliphatic carbocycles. The van der Waals surface area contributed by atoms with E-state index < -0.39 is 0 Å². The Morgan fingerprint density at radius 3 is 3.17 bits per heavy atom. The molecule has 1 amide bonds. The third kappa shape index (κ3) is 3.89. The van der Waals surface area contributed by atoms with Crippen LogP contribution in [-0.4, -0.2) is 28.0 Å². The van der Waals surface area contributed by atoms with Gasteiger partial charge in [-0.15, -0.1) is 0 Å². The van der Waals surface area contributed by atoms with Crippen molar-refractivity contribution in [2.24, 2.45) is 7.05 Å². The summed E-state index contributed by atoms with van der Waals surface area (Å²) in [6, 6.07) is 2.13. The zero-order valence-corrected chi connectivity index (χ0v) is 11.8. The molecule has 0 aromatic carbocycles. The zero-order chi connectivity index (χ0) is 12.8. The Bertz CT molecular complexity index is 493. The summed E-state index contributed by atoms with van der Waals surface area (Å²) >= 11 is 3.54. The van der Waals surface area contributed by atoms with Crippen molar-refractivity contribution in [3.63, 3.8) is 0 Å². The normalized spacial score (nSPS) is 10.5. The van der Waals surface area contributed by atoms with Gasteiger partial charge in [0.05, 0.1) is 11.8 Å². The highest BCUT2D eigenvalue weighted by molar-refractivity contribution is 7.98. The first-order valence-electron chi connectivity index (χ1n) is 5.61. The third-order valence-electron chi connectivity index (χ3n) is 2.35. The van der Waals surface area contributed by atoms with Crippen LogP contribution in [0.3, 0.4) is 0 Å². The minimum Gasteiger partial charge on any atom is -0.351 e. The van der Waals surface area contributed by atoms with E-state index in [1.807, 2.05) is 11.8 Å². The summed E-state index contributed by atoms with van der Waals surface area (Å²) in [6.45, 7) is 0.683. The highest BCUT2D eigenvalue weighted by Crippen LogP contribution is 2.14. The Balaban J connectivity index is 1.62. The largest absolute Gasteiger partial charge is 0.351 e. The second-order valence-electron chi connectivity index (χ2n) is 3.84. The molecule has 96 valence electrons. The Morgan fingerprint density at radius 1 is 1.61 bits per heavy atom. The predicted octanol–water partition coefficient (Wildman–Crippen LogP) is 2.14. The van der Waals surface area contributed by atoms with Crippen LogP contribution in [0, 0.1) is 0 Å². The van der Waals surface area contributed by atoms with Crippen LogP contribution in [0.25, 0.3) is 0 Å². The summed E-state index contributed by atoms with van der Waals surface area (Å²) in [6.07, 6.45) is 3.29. The van der Waals surface area contributed by atoms with Crippen LogP contribution >= 0.6 is 23.1 Å². The first-order valence-corrected chi connectivity index (χ1v) is 7.71. The molecule has 0 aliphatic heterocycles. The number of hydrogen-bond acceptors (Lipinski definition) is 4. The molecule has 0 radical (unpaired) electrons. The molecule has 0 fully saturated rings. The molecule has 0 bridgehead atoms. The van der Waals surface area contributed by atoms with E-state index in [0.717, 1.165) is 11.5 Å². The number of aromatic nitrogens is 2. The summed E-state index contributed by atoms with van der Waals surface area (Å²) in [5.74, 6) is 1.87. The van der Waals surface area contributed by atoms with Gasteiger partial charge in [-0.2, -0.15) is 28.2 Å². The van der Waals surface area contributed by atoms with Gasteiger partial charge in [0.25, 0.3) is 5.91 Å². The van der Waals surface area contributed by atoms with Crippen molar-refractivity contribution in [3.8, 4) is 0 Å². The van der Waals surface area contributed by atoms with Crippen LogP contribution in [0.2, 0.25) is 0 Å². The van der Waals surface area contributed by atoms with Gasteiger partial charge in [-0.05, 0) is 22.4 Å². The standard InChI is InChI=1S/C12H15N3OS2/c1-15-7-11(6-14-15)12(16)13-3-5-18-9-10-2-4-17-8-10/h2,4,6-8H,3,5,9H2,1H3,(H,13,16). The average Bonchev–Trinajstić information content (AvgIpc) is 2.99. The first kappa shape index (κ1) is 13.2. The first-order chi connectivity index (χ1) is 8.75. The van der Waals surface area contributed by atoms with Crippen molar-refractivity contribution in [2.75, 3.05) is 12.3 Å². The fourth-order valence-corrected chi connectivity index (χ4v) is 3.02. The van der Waals surface area contributed by atoms with Crippen molar-refractivity contribution >= 4 is 29.0 Å². The number of carbonyl (C=O) groups is 1. The topological polar surface area (TPSA) is 46.9 Å². The summed E-state index contributed by atoms with van der Waals surface area (Å²) in [4.78, 5) is 11.7. The van der Waals surface area contributed by atoms with E-state index in [4.69, 9.17) is 0 Å². The van der Waals surface area contributed by atoms with Gasteiger partial charge in [-0.1, -0.05) is 0 Å². The molecule has 0 unspecified atom stereocenters. The fraction of sp³-hybridized carbons (Fsp3) is 0.333. The fourth-order valence-electron chi connectivity index (χ4n) is 1.44. The quantitative estimate of drug-likeness (QED) is 0.825. The van der Waals surface area contributed by atoms with Crippen molar-refractivity contribution in [3.05, 3.63) is 40.3 Å². The molecular weight excluding hydrogens is 266 g/mol.